The van der Waals surface area contributed by atoms with Gasteiger partial charge in [-0.15, -0.1) is 0 Å². The summed E-state index contributed by atoms with van der Waals surface area (Å²) in [6, 6.07) is 16.6. The molecule has 2 aliphatic heterocycles. The van der Waals surface area contributed by atoms with Crippen LogP contribution in [0.15, 0.2) is 53.2 Å². The van der Waals surface area contributed by atoms with E-state index in [1.54, 1.807) is 7.11 Å². The van der Waals surface area contributed by atoms with Crippen LogP contribution < -0.4 is 0 Å². The van der Waals surface area contributed by atoms with Gasteiger partial charge in [-0.25, -0.2) is 0 Å². The predicted molar refractivity (Wildman–Crippen MR) is 105 cm³/mol. The molecule has 0 spiro atoms. The monoisotopic (exact) mass is 334 g/mol. The molecule has 0 aliphatic carbocycles. The molecule has 0 saturated carbocycles. The third-order valence-electron chi connectivity index (χ3n) is 5.88. The van der Waals surface area contributed by atoms with Crippen molar-refractivity contribution in [3.05, 3.63) is 53.6 Å². The summed E-state index contributed by atoms with van der Waals surface area (Å²) in [6.45, 7) is 2.17. The van der Waals surface area contributed by atoms with Crippen LogP contribution >= 0.6 is 0 Å². The van der Waals surface area contributed by atoms with Gasteiger partial charge in [0.25, 0.3) is 0 Å². The third-order valence-corrected chi connectivity index (χ3v) is 5.88. The molecule has 25 heavy (non-hydrogen) atoms. The van der Waals surface area contributed by atoms with Gasteiger partial charge in [0.05, 0.1) is 5.71 Å². The molecule has 130 valence electrons. The minimum atomic E-state index is 0.467. The molecular formula is C22H26N2O. The molecule has 3 heteroatoms. The number of nitrogens with zero attached hydrogens (tertiary/aromatic N) is 2. The highest BCUT2D eigenvalue weighted by molar-refractivity contribution is 6.08. The minimum absolute atomic E-state index is 0.467. The lowest BCUT2D eigenvalue weighted by atomic mass is 9.85. The Kier molecular flexibility index (Phi) is 4.34. The molecule has 2 aromatic carbocycles. The van der Waals surface area contributed by atoms with Crippen LogP contribution in [0.3, 0.4) is 0 Å². The van der Waals surface area contributed by atoms with E-state index in [4.69, 9.17) is 4.84 Å². The van der Waals surface area contributed by atoms with Crippen molar-refractivity contribution in [2.24, 2.45) is 5.16 Å². The van der Waals surface area contributed by atoms with Gasteiger partial charge in [0.15, 0.2) is 0 Å². The Morgan fingerprint density at radius 3 is 2.72 bits per heavy atom. The third kappa shape index (κ3) is 2.77. The van der Waals surface area contributed by atoms with Crippen molar-refractivity contribution in [3.63, 3.8) is 0 Å². The van der Waals surface area contributed by atoms with E-state index in [9.17, 15) is 0 Å². The summed E-state index contributed by atoms with van der Waals surface area (Å²) in [7, 11) is 3.91. The highest BCUT2D eigenvalue weighted by Crippen LogP contribution is 2.43. The van der Waals surface area contributed by atoms with Crippen LogP contribution in [0.25, 0.3) is 16.3 Å². The first kappa shape index (κ1) is 16.3. The van der Waals surface area contributed by atoms with Crippen LogP contribution in [0.1, 0.15) is 38.2 Å². The van der Waals surface area contributed by atoms with Crippen LogP contribution in [0.2, 0.25) is 0 Å². The predicted octanol–water partition coefficient (Wildman–Crippen LogP) is 4.87. The maximum atomic E-state index is 5.18. The van der Waals surface area contributed by atoms with E-state index in [2.05, 4.69) is 66.5 Å². The lowest BCUT2D eigenvalue weighted by Gasteiger charge is -2.35. The summed E-state index contributed by atoms with van der Waals surface area (Å²) in [6.07, 6.45) is 4.49. The van der Waals surface area contributed by atoms with E-state index in [0.29, 0.717) is 12.1 Å². The van der Waals surface area contributed by atoms with E-state index in [1.807, 2.05) is 0 Å². The molecular weight excluding hydrogens is 308 g/mol. The zero-order valence-corrected chi connectivity index (χ0v) is 15.3. The molecule has 0 aromatic heterocycles. The minimum Gasteiger partial charge on any atom is -0.399 e. The Bertz CT molecular complexity index is 852. The van der Waals surface area contributed by atoms with E-state index in [0.717, 1.165) is 18.6 Å². The summed E-state index contributed by atoms with van der Waals surface area (Å²) >= 11 is 0. The summed E-state index contributed by atoms with van der Waals surface area (Å²) in [5, 5.41) is 6.99. The Balaban J connectivity index is 1.90. The zero-order chi connectivity index (χ0) is 17.4. The number of rotatable bonds is 4. The van der Waals surface area contributed by atoms with Gasteiger partial charge in [0.1, 0.15) is 7.11 Å². The number of benzene rings is 2. The maximum absolute atomic E-state index is 5.18. The smallest absolute Gasteiger partial charge is 0.106 e. The van der Waals surface area contributed by atoms with Crippen LogP contribution in [-0.2, 0) is 4.84 Å². The van der Waals surface area contributed by atoms with Crippen LogP contribution in [-0.4, -0.2) is 36.9 Å². The Morgan fingerprint density at radius 2 is 1.96 bits per heavy atom. The summed E-state index contributed by atoms with van der Waals surface area (Å²) in [5.41, 5.74) is 5.31. The molecule has 0 radical (unpaired) electrons. The fraction of sp³-hybridized carbons (Fsp3) is 0.409. The first-order valence-corrected chi connectivity index (χ1v) is 9.27. The number of hydrogen-bond donors (Lipinski definition) is 0. The highest BCUT2D eigenvalue weighted by Gasteiger charge is 2.40. The average Bonchev–Trinajstić information content (AvgIpc) is 2.88. The van der Waals surface area contributed by atoms with Gasteiger partial charge < -0.3 is 4.84 Å². The molecule has 4 rings (SSSR count). The molecule has 2 atom stereocenters. The molecule has 3 nitrogen and oxygen atoms in total. The average molecular weight is 334 g/mol. The second-order valence-corrected chi connectivity index (χ2v) is 7.14. The van der Waals surface area contributed by atoms with Crippen LogP contribution in [0.5, 0.6) is 0 Å². The molecule has 2 heterocycles. The zero-order valence-electron chi connectivity index (χ0n) is 15.3. The van der Waals surface area contributed by atoms with Gasteiger partial charge in [-0.2, -0.15) is 0 Å². The normalized spacial score (nSPS) is 24.2. The van der Waals surface area contributed by atoms with Crippen molar-refractivity contribution >= 4 is 22.1 Å². The second kappa shape index (κ2) is 6.64. The number of hydrogen-bond acceptors (Lipinski definition) is 3. The second-order valence-electron chi connectivity index (χ2n) is 7.14. The largest absolute Gasteiger partial charge is 0.399 e. The fourth-order valence-corrected chi connectivity index (χ4v) is 4.58. The van der Waals surface area contributed by atoms with Gasteiger partial charge in [0, 0.05) is 12.1 Å². The van der Waals surface area contributed by atoms with Crippen molar-refractivity contribution < 1.29 is 4.84 Å². The molecule has 1 saturated heterocycles. The standard InChI is InChI=1S/C22H26N2O/c1-4-20(23-25-3)22-19(14-18-11-12-21(22)24(18)2)17-10-9-15-7-5-6-8-16(15)13-17/h5-10,13,18,21H,4,11-12,14H2,1-3H3. The molecule has 2 bridgehead atoms. The van der Waals surface area contributed by atoms with Crippen molar-refractivity contribution in [2.45, 2.75) is 44.7 Å². The Hall–Kier alpha value is -2.13. The summed E-state index contributed by atoms with van der Waals surface area (Å²) in [4.78, 5) is 7.72. The molecule has 2 unspecified atom stereocenters. The van der Waals surface area contributed by atoms with Gasteiger partial charge in [-0.3, -0.25) is 4.90 Å². The molecule has 2 aromatic rings. The molecule has 0 N–H and O–H groups in total. The van der Waals surface area contributed by atoms with Crippen molar-refractivity contribution in [3.8, 4) is 0 Å². The van der Waals surface area contributed by atoms with Crippen LogP contribution in [0, 0.1) is 0 Å². The van der Waals surface area contributed by atoms with Crippen LogP contribution in [0.4, 0.5) is 0 Å². The van der Waals surface area contributed by atoms with Crippen molar-refractivity contribution in [1.82, 2.24) is 4.90 Å². The van der Waals surface area contributed by atoms with E-state index < -0.39 is 0 Å². The summed E-state index contributed by atoms with van der Waals surface area (Å²) in [5.74, 6) is 0. The van der Waals surface area contributed by atoms with Gasteiger partial charge >= 0.3 is 0 Å². The summed E-state index contributed by atoms with van der Waals surface area (Å²) < 4.78 is 0. The fourth-order valence-electron chi connectivity index (χ4n) is 4.58. The van der Waals surface area contributed by atoms with Gasteiger partial charge in [0.2, 0.25) is 0 Å². The van der Waals surface area contributed by atoms with Crippen molar-refractivity contribution in [2.75, 3.05) is 14.2 Å². The number of fused-ring (bicyclic) bond motifs is 3. The lowest BCUT2D eigenvalue weighted by molar-refractivity contribution is 0.211. The Morgan fingerprint density at radius 1 is 1.16 bits per heavy atom. The quantitative estimate of drug-likeness (QED) is 0.588. The highest BCUT2D eigenvalue weighted by atomic mass is 16.6. The van der Waals surface area contributed by atoms with E-state index in [-0.39, 0.29) is 0 Å². The lowest BCUT2D eigenvalue weighted by Crippen LogP contribution is -2.40. The maximum Gasteiger partial charge on any atom is 0.106 e. The van der Waals surface area contributed by atoms with Gasteiger partial charge in [-0.1, -0.05) is 48.5 Å². The number of likely N-dealkylation sites (N-methyl/N-ethyl adjacent to an activating group) is 1. The van der Waals surface area contributed by atoms with E-state index >= 15 is 0 Å². The molecule has 0 amide bonds. The molecule has 2 aliphatic rings. The SMILES string of the molecule is CCC(=NOC)C1=C(c2ccc3ccccc3c2)CC2CCC1N2C. The number of oxime groups is 1. The van der Waals surface area contributed by atoms with E-state index in [1.165, 1.54) is 40.3 Å². The topological polar surface area (TPSA) is 24.8 Å². The first-order chi connectivity index (χ1) is 12.2. The van der Waals surface area contributed by atoms with Crippen molar-refractivity contribution in [1.29, 1.82) is 0 Å². The Labute approximate surface area is 150 Å². The molecule has 1 fully saturated rings. The van der Waals surface area contributed by atoms with Gasteiger partial charge in [-0.05, 0) is 66.3 Å². The first-order valence-electron chi connectivity index (χ1n) is 9.27.